The summed E-state index contributed by atoms with van der Waals surface area (Å²) in [4.78, 5) is 0. The normalized spacial score (nSPS) is 10.9. The van der Waals surface area contributed by atoms with E-state index >= 15 is 0 Å². The van der Waals surface area contributed by atoms with Gasteiger partial charge in [-0.25, -0.2) is 0 Å². The summed E-state index contributed by atoms with van der Waals surface area (Å²) in [6, 6.07) is 3.67. The number of hydrogen-bond donors (Lipinski definition) is 0. The third-order valence-corrected chi connectivity index (χ3v) is 2.37. The molecule has 0 saturated carbocycles. The first-order valence-electron chi connectivity index (χ1n) is 8.41. The van der Waals surface area contributed by atoms with Crippen LogP contribution in [0.4, 0.5) is 0 Å². The maximum atomic E-state index is 9.73. The predicted octanol–water partition coefficient (Wildman–Crippen LogP) is -1.93. The molecule has 0 amide bonds. The average Bonchev–Trinajstić information content (AvgIpc) is 3.26. The fourth-order valence-corrected chi connectivity index (χ4v) is 1.18. The first-order valence-corrected chi connectivity index (χ1v) is 8.41. The number of methoxy groups -OCH3 is 2. The van der Waals surface area contributed by atoms with E-state index in [9.17, 15) is 5.11 Å². The van der Waals surface area contributed by atoms with Crippen molar-refractivity contribution < 1.29 is 80.2 Å². The summed E-state index contributed by atoms with van der Waals surface area (Å²) in [7, 11) is 3.22. The minimum atomic E-state index is -0.163. The molecule has 0 spiro atoms. The second-order valence-electron chi connectivity index (χ2n) is 4.48. The molecule has 8 nitrogen and oxygen atoms in total. The monoisotopic (exact) mass is 412 g/mol. The second-order valence-corrected chi connectivity index (χ2v) is 4.48. The summed E-state index contributed by atoms with van der Waals surface area (Å²) >= 11 is 0. The molecule has 1 aliphatic heterocycles. The molecule has 0 radical (unpaired) electrons. The topological polar surface area (TPSA) is 117 Å². The fourth-order valence-electron chi connectivity index (χ4n) is 1.18. The number of nitriles is 2. The van der Waals surface area contributed by atoms with Crippen molar-refractivity contribution in [2.24, 2.45) is 0 Å². The van der Waals surface area contributed by atoms with E-state index in [0.29, 0.717) is 46.1 Å². The van der Waals surface area contributed by atoms with Crippen molar-refractivity contribution in [2.45, 2.75) is 19.3 Å². The maximum absolute atomic E-state index is 9.73. The van der Waals surface area contributed by atoms with Gasteiger partial charge >= 0.3 is 51.4 Å². The van der Waals surface area contributed by atoms with Crippen molar-refractivity contribution in [3.8, 4) is 12.1 Å². The van der Waals surface area contributed by atoms with E-state index in [1.165, 1.54) is 18.9 Å². The Morgan fingerprint density at radius 1 is 0.963 bits per heavy atom. The SMILES string of the molecule is C1CCOC1.C=CC#N.COCCOCCC#N.COCCOCC[O-].[K+]. The van der Waals surface area contributed by atoms with Gasteiger partial charge in [0.1, 0.15) is 0 Å². The van der Waals surface area contributed by atoms with Crippen LogP contribution in [0.25, 0.3) is 0 Å². The Morgan fingerprint density at radius 3 is 1.74 bits per heavy atom. The van der Waals surface area contributed by atoms with E-state index in [1.807, 2.05) is 6.07 Å². The Balaban J connectivity index is -0.000000135. The quantitative estimate of drug-likeness (QED) is 0.231. The molecule has 0 N–H and O–H groups in total. The fraction of sp³-hybridized carbons (Fsp3) is 0.778. The summed E-state index contributed by atoms with van der Waals surface area (Å²) < 4.78 is 24.1. The molecular weight excluding hydrogens is 379 g/mol. The van der Waals surface area contributed by atoms with Gasteiger partial charge in [0.2, 0.25) is 0 Å². The molecule has 1 fully saturated rings. The summed E-state index contributed by atoms with van der Waals surface area (Å²) in [5, 5.41) is 25.3. The largest absolute Gasteiger partial charge is 1.00 e. The molecule has 1 rings (SSSR count). The molecule has 152 valence electrons. The van der Waals surface area contributed by atoms with Crippen molar-refractivity contribution in [1.29, 1.82) is 10.5 Å². The zero-order valence-electron chi connectivity index (χ0n) is 17.1. The Kier molecular flexibility index (Phi) is 52.2. The molecule has 1 heterocycles. The van der Waals surface area contributed by atoms with Gasteiger partial charge in [-0.05, 0) is 12.8 Å². The van der Waals surface area contributed by atoms with Gasteiger partial charge in [0.25, 0.3) is 0 Å². The number of nitrogens with zero attached hydrogens (tertiary/aromatic N) is 2. The molecule has 0 atom stereocenters. The van der Waals surface area contributed by atoms with Crippen LogP contribution in [0.5, 0.6) is 0 Å². The van der Waals surface area contributed by atoms with Crippen LogP contribution in [0, 0.1) is 22.7 Å². The van der Waals surface area contributed by atoms with Gasteiger partial charge in [-0.2, -0.15) is 10.5 Å². The molecule has 0 aliphatic carbocycles. The van der Waals surface area contributed by atoms with Crippen LogP contribution in [-0.4, -0.2) is 73.7 Å². The molecule has 0 aromatic rings. The Hall–Kier alpha value is 0.116. The van der Waals surface area contributed by atoms with E-state index in [0.717, 1.165) is 13.2 Å². The van der Waals surface area contributed by atoms with Crippen molar-refractivity contribution in [3.63, 3.8) is 0 Å². The molecule has 1 aliphatic rings. The predicted molar refractivity (Wildman–Crippen MR) is 96.4 cm³/mol. The Labute approximate surface area is 206 Å². The minimum Gasteiger partial charge on any atom is -0.853 e. The average molecular weight is 413 g/mol. The first-order chi connectivity index (χ1) is 12.7. The van der Waals surface area contributed by atoms with Gasteiger partial charge in [0.15, 0.2) is 0 Å². The van der Waals surface area contributed by atoms with Crippen molar-refractivity contribution in [3.05, 3.63) is 12.7 Å². The molecule has 9 heteroatoms. The second kappa shape index (κ2) is 40.7. The van der Waals surface area contributed by atoms with Gasteiger partial charge in [-0.3, -0.25) is 0 Å². The number of ether oxygens (including phenoxy) is 5. The van der Waals surface area contributed by atoms with Crippen LogP contribution in [0.3, 0.4) is 0 Å². The summed E-state index contributed by atoms with van der Waals surface area (Å²) in [6.07, 6.45) is 4.20. The van der Waals surface area contributed by atoms with Crippen molar-refractivity contribution >= 4 is 0 Å². The maximum Gasteiger partial charge on any atom is 1.00 e. The van der Waals surface area contributed by atoms with Crippen LogP contribution in [0.2, 0.25) is 0 Å². The van der Waals surface area contributed by atoms with E-state index < -0.39 is 0 Å². The third kappa shape index (κ3) is 51.8. The zero-order chi connectivity index (χ0) is 20.1. The third-order valence-electron chi connectivity index (χ3n) is 2.37. The molecular formula is C18H33KN2O6. The van der Waals surface area contributed by atoms with Gasteiger partial charge in [0, 0.05) is 40.1 Å². The smallest absolute Gasteiger partial charge is 0.853 e. The van der Waals surface area contributed by atoms with Crippen LogP contribution in [0.15, 0.2) is 12.7 Å². The Bertz CT molecular complexity index is 317. The van der Waals surface area contributed by atoms with Crippen LogP contribution >= 0.6 is 0 Å². The number of rotatable bonds is 10. The molecule has 0 bridgehead atoms. The standard InChI is InChI=1S/C6H11NO2.C5H11O3.C4H8O.C3H3N.K/c1-8-5-6-9-4-2-3-7;1-7-4-5-8-3-2-6;1-2-4-5-3-1;1-2-3-4;/h2,4-6H2,1H3;2-5H2,1H3;1-4H2;2H,1H2;/q;-1;;;+1. The van der Waals surface area contributed by atoms with E-state index in [2.05, 4.69) is 11.3 Å². The molecule has 1 saturated heterocycles. The molecule has 0 aromatic carbocycles. The Morgan fingerprint density at radius 2 is 1.44 bits per heavy atom. The number of hydrogen-bond acceptors (Lipinski definition) is 8. The van der Waals surface area contributed by atoms with E-state index in [4.69, 9.17) is 29.5 Å². The molecule has 0 aromatic heterocycles. The minimum absolute atomic E-state index is 0. The summed E-state index contributed by atoms with van der Waals surface area (Å²) in [5.74, 6) is 0. The zero-order valence-corrected chi connectivity index (χ0v) is 20.2. The molecule has 27 heavy (non-hydrogen) atoms. The van der Waals surface area contributed by atoms with Gasteiger partial charge in [-0.1, -0.05) is 6.58 Å². The van der Waals surface area contributed by atoms with Crippen molar-refractivity contribution in [1.82, 2.24) is 0 Å². The van der Waals surface area contributed by atoms with Gasteiger partial charge in [0.05, 0.1) is 51.6 Å². The van der Waals surface area contributed by atoms with Gasteiger partial charge in [-0.15, -0.1) is 6.61 Å². The van der Waals surface area contributed by atoms with Crippen LogP contribution < -0.4 is 56.5 Å². The van der Waals surface area contributed by atoms with Crippen molar-refractivity contribution in [2.75, 3.05) is 73.7 Å². The summed E-state index contributed by atoms with van der Waals surface area (Å²) in [5.41, 5.74) is 0. The summed E-state index contributed by atoms with van der Waals surface area (Å²) in [6.45, 7) is 8.04. The van der Waals surface area contributed by atoms with Gasteiger partial charge < -0.3 is 28.8 Å². The van der Waals surface area contributed by atoms with Crippen LogP contribution in [0.1, 0.15) is 19.3 Å². The van der Waals surface area contributed by atoms with E-state index in [1.54, 1.807) is 20.3 Å². The number of allylic oxidation sites excluding steroid dienone is 1. The van der Waals surface area contributed by atoms with Crippen LogP contribution in [-0.2, 0) is 23.7 Å². The first kappa shape index (κ1) is 34.6. The molecule has 0 unspecified atom stereocenters. The van der Waals surface area contributed by atoms with E-state index in [-0.39, 0.29) is 58.0 Å².